The molecule has 0 radical (unpaired) electrons. The Bertz CT molecular complexity index is 537. The van der Waals surface area contributed by atoms with Crippen molar-refractivity contribution in [3.8, 4) is 0 Å². The van der Waals surface area contributed by atoms with Gasteiger partial charge in [0.05, 0.1) is 13.2 Å². The van der Waals surface area contributed by atoms with E-state index in [1.807, 2.05) is 0 Å². The fourth-order valence-electron chi connectivity index (χ4n) is 2.12. The topological polar surface area (TPSA) is 164 Å². The molecule has 134 valence electrons. The minimum absolute atomic E-state index is 0.00554. The number of rotatable bonds is 8. The highest BCUT2D eigenvalue weighted by molar-refractivity contribution is 5.87. The minimum Gasteiger partial charge on any atom is -0.370 e. The van der Waals surface area contributed by atoms with E-state index in [0.717, 1.165) is 12.2 Å². The highest BCUT2D eigenvalue weighted by Crippen LogP contribution is 2.20. The van der Waals surface area contributed by atoms with Gasteiger partial charge in [-0.3, -0.25) is 26.0 Å². The van der Waals surface area contributed by atoms with Gasteiger partial charge in [-0.2, -0.15) is 0 Å². The van der Waals surface area contributed by atoms with Crippen LogP contribution in [-0.2, 0) is 14.3 Å². The van der Waals surface area contributed by atoms with E-state index in [4.69, 9.17) is 21.9 Å². The van der Waals surface area contributed by atoms with Crippen LogP contribution in [0.15, 0.2) is 30.3 Å². The summed E-state index contributed by atoms with van der Waals surface area (Å²) < 4.78 is 5.09. The quantitative estimate of drug-likeness (QED) is 0.291. The predicted molar refractivity (Wildman–Crippen MR) is 88.5 cm³/mol. The maximum absolute atomic E-state index is 11.5. The van der Waals surface area contributed by atoms with E-state index in [1.165, 1.54) is 16.9 Å². The largest absolute Gasteiger partial charge is 0.370 e. The zero-order valence-electron chi connectivity index (χ0n) is 13.6. The zero-order valence-corrected chi connectivity index (χ0v) is 13.6. The molecule has 0 fully saturated rings. The van der Waals surface area contributed by atoms with Crippen LogP contribution >= 0.6 is 0 Å². The molecule has 24 heavy (non-hydrogen) atoms. The van der Waals surface area contributed by atoms with Crippen LogP contribution in [0.1, 0.15) is 0 Å². The second kappa shape index (κ2) is 8.40. The highest BCUT2D eigenvalue weighted by Gasteiger charge is 2.46. The summed E-state index contributed by atoms with van der Waals surface area (Å²) in [5.74, 6) is -2.19. The first-order valence-corrected chi connectivity index (χ1v) is 7.01. The molecular formula is C13H24N8O3. The number of guanidine groups is 1. The number of aliphatic imine (C=N–C) groups is 1. The van der Waals surface area contributed by atoms with E-state index < -0.39 is 23.9 Å². The Morgan fingerprint density at radius 3 is 2.50 bits per heavy atom. The van der Waals surface area contributed by atoms with Crippen LogP contribution in [0.2, 0.25) is 0 Å². The molecule has 0 aromatic carbocycles. The van der Waals surface area contributed by atoms with Gasteiger partial charge in [0.2, 0.25) is 11.8 Å². The first kappa shape index (κ1) is 19.6. The number of carbonyl (C=O) groups is 2. The van der Waals surface area contributed by atoms with Crippen LogP contribution < -0.4 is 27.8 Å². The zero-order chi connectivity index (χ0) is 18.3. The average Bonchev–Trinajstić information content (AvgIpc) is 2.55. The fourth-order valence-corrected chi connectivity index (χ4v) is 2.12. The molecule has 1 aliphatic rings. The number of amides is 2. The number of methoxy groups -OCH3 is 1. The molecule has 1 rings (SSSR count). The van der Waals surface area contributed by atoms with Gasteiger partial charge in [-0.1, -0.05) is 13.2 Å². The molecule has 2 unspecified atom stereocenters. The Kier molecular flexibility index (Phi) is 6.85. The molecule has 0 saturated carbocycles. The van der Waals surface area contributed by atoms with Gasteiger partial charge in [0.1, 0.15) is 6.73 Å². The second-order valence-corrected chi connectivity index (χ2v) is 4.92. The molecule has 0 saturated heterocycles. The monoisotopic (exact) mass is 340 g/mol. The molecule has 11 nitrogen and oxygen atoms in total. The van der Waals surface area contributed by atoms with Crippen LogP contribution in [-0.4, -0.2) is 66.7 Å². The van der Waals surface area contributed by atoms with Gasteiger partial charge in [0, 0.05) is 7.11 Å². The summed E-state index contributed by atoms with van der Waals surface area (Å²) in [5.41, 5.74) is 18.3. The van der Waals surface area contributed by atoms with Crippen molar-refractivity contribution in [2.45, 2.75) is 12.1 Å². The van der Waals surface area contributed by atoms with E-state index in [-0.39, 0.29) is 25.9 Å². The molecule has 0 bridgehead atoms. The molecule has 0 aromatic rings. The summed E-state index contributed by atoms with van der Waals surface area (Å²) >= 11 is 0. The second-order valence-electron chi connectivity index (χ2n) is 4.92. The van der Waals surface area contributed by atoms with Gasteiger partial charge in [0.15, 0.2) is 18.0 Å². The third-order valence-corrected chi connectivity index (χ3v) is 3.40. The number of hydrogen-bond acceptors (Lipinski definition) is 9. The van der Waals surface area contributed by atoms with Gasteiger partial charge in [-0.25, -0.2) is 9.89 Å². The first-order valence-electron chi connectivity index (χ1n) is 7.01. The number of nitrogens with one attached hydrogen (secondary N) is 2. The summed E-state index contributed by atoms with van der Waals surface area (Å²) in [6.45, 7) is 6.61. The van der Waals surface area contributed by atoms with Crippen molar-refractivity contribution in [3.63, 3.8) is 0 Å². The Labute approximate surface area is 140 Å². The Morgan fingerprint density at radius 1 is 1.38 bits per heavy atom. The van der Waals surface area contributed by atoms with Crippen molar-refractivity contribution < 1.29 is 14.3 Å². The molecule has 2 atom stereocenters. The molecule has 2 amide bonds. The van der Waals surface area contributed by atoms with E-state index >= 15 is 0 Å². The van der Waals surface area contributed by atoms with Gasteiger partial charge in [-0.05, 0) is 12.2 Å². The number of nitrogens with two attached hydrogens (primary N) is 3. The smallest absolute Gasteiger partial charge is 0.244 e. The Hall–Kier alpha value is -2.47. The molecule has 1 heterocycles. The third kappa shape index (κ3) is 4.29. The molecule has 8 N–H and O–H groups in total. The first-order chi connectivity index (χ1) is 11.3. The summed E-state index contributed by atoms with van der Waals surface area (Å²) in [6.07, 6.45) is 1.28. The van der Waals surface area contributed by atoms with Crippen molar-refractivity contribution in [1.82, 2.24) is 20.4 Å². The number of carbonyl (C=O) groups excluding carboxylic acids is 2. The fraction of sp³-hybridized carbons (Fsp3) is 0.462. The SMILES string of the molecule is C=CC(=O)NCN1C(N)N=C(N)N(COC)C1(N)CNC(=O)C=C. The lowest BCUT2D eigenvalue weighted by molar-refractivity contribution is -0.126. The van der Waals surface area contributed by atoms with Gasteiger partial charge in [-0.15, -0.1) is 0 Å². The van der Waals surface area contributed by atoms with Gasteiger partial charge in [0.25, 0.3) is 0 Å². The highest BCUT2D eigenvalue weighted by atomic mass is 16.5. The predicted octanol–water partition coefficient (Wildman–Crippen LogP) is -3.06. The van der Waals surface area contributed by atoms with Crippen LogP contribution in [0.3, 0.4) is 0 Å². The van der Waals surface area contributed by atoms with Crippen molar-refractivity contribution in [2.75, 3.05) is 27.1 Å². The van der Waals surface area contributed by atoms with Crippen LogP contribution in [0.5, 0.6) is 0 Å². The summed E-state index contributed by atoms with van der Waals surface area (Å²) in [4.78, 5) is 29.9. The van der Waals surface area contributed by atoms with Crippen molar-refractivity contribution in [3.05, 3.63) is 25.3 Å². The maximum atomic E-state index is 11.5. The molecule has 0 aliphatic carbocycles. The van der Waals surface area contributed by atoms with Gasteiger partial charge < -0.3 is 21.1 Å². The molecule has 11 heteroatoms. The summed E-state index contributed by atoms with van der Waals surface area (Å²) in [6, 6.07) is 0. The van der Waals surface area contributed by atoms with Crippen LogP contribution in [0, 0.1) is 0 Å². The van der Waals surface area contributed by atoms with Crippen LogP contribution in [0.4, 0.5) is 0 Å². The Morgan fingerprint density at radius 2 is 1.96 bits per heavy atom. The van der Waals surface area contributed by atoms with E-state index in [0.29, 0.717) is 0 Å². The number of nitrogens with zero attached hydrogens (tertiary/aromatic N) is 3. The van der Waals surface area contributed by atoms with Crippen molar-refractivity contribution in [2.24, 2.45) is 22.2 Å². The maximum Gasteiger partial charge on any atom is 0.244 e. The Balaban J connectivity index is 3.12. The summed E-state index contributed by atoms with van der Waals surface area (Å²) in [7, 11) is 1.45. The molecule has 1 aliphatic heterocycles. The lowest BCUT2D eigenvalue weighted by atomic mass is 10.2. The van der Waals surface area contributed by atoms with E-state index in [2.05, 4.69) is 28.8 Å². The average molecular weight is 340 g/mol. The molecule has 0 spiro atoms. The standard InChI is InChI=1S/C13H24N8O3/c1-4-9(22)17-6-13(16)20(7-18-10(23)5-2)11(14)19-12(15)21(13)8-24-3/h4-5,11H,1-2,6-8,14,16H2,3H3,(H2,15,19)(H,17,22)(H,18,23). The van der Waals surface area contributed by atoms with E-state index in [9.17, 15) is 9.59 Å². The van der Waals surface area contributed by atoms with Crippen molar-refractivity contribution >= 4 is 17.8 Å². The van der Waals surface area contributed by atoms with Crippen molar-refractivity contribution in [1.29, 1.82) is 0 Å². The van der Waals surface area contributed by atoms with E-state index in [1.54, 1.807) is 0 Å². The third-order valence-electron chi connectivity index (χ3n) is 3.40. The molecule has 0 aromatic heterocycles. The number of hydrogen-bond donors (Lipinski definition) is 5. The normalized spacial score (nSPS) is 24.0. The number of ether oxygens (including phenoxy) is 1. The lowest BCUT2D eigenvalue weighted by Gasteiger charge is -2.52. The summed E-state index contributed by atoms with van der Waals surface area (Å²) in [5, 5.41) is 5.15. The lowest BCUT2D eigenvalue weighted by Crippen LogP contribution is -2.79. The van der Waals surface area contributed by atoms with Gasteiger partial charge >= 0.3 is 0 Å². The molecular weight excluding hydrogens is 316 g/mol. The van der Waals surface area contributed by atoms with Crippen LogP contribution in [0.25, 0.3) is 0 Å². The minimum atomic E-state index is -1.39.